The molecule has 0 saturated heterocycles. The van der Waals surface area contributed by atoms with Crippen LogP contribution in [0.1, 0.15) is 45.1 Å². The molecule has 152 valence electrons. The highest BCUT2D eigenvalue weighted by Gasteiger charge is 2.14. The van der Waals surface area contributed by atoms with Crippen molar-refractivity contribution in [1.29, 1.82) is 0 Å². The maximum absolute atomic E-state index is 14.8. The molecule has 0 spiro atoms. The standard InChI is InChI=1S/C26H28ClFO/c1-3-5-6-7-19-8-10-20(11-9-19)21-12-14-22(15-13-21)23-16-17-24(29-18-4-2)25(27)26(23)28/h8-17H,3-7,18H2,1-2H3. The fourth-order valence-electron chi connectivity index (χ4n) is 3.36. The van der Waals surface area contributed by atoms with Gasteiger partial charge in [0.2, 0.25) is 0 Å². The molecular formula is C26H28ClFO. The smallest absolute Gasteiger partial charge is 0.153 e. The second kappa shape index (κ2) is 10.5. The van der Waals surface area contributed by atoms with Crippen molar-refractivity contribution in [2.45, 2.75) is 46.0 Å². The summed E-state index contributed by atoms with van der Waals surface area (Å²) in [5.74, 6) is -0.0464. The third-order valence-electron chi connectivity index (χ3n) is 5.06. The SMILES string of the molecule is CCCCCc1ccc(-c2ccc(-c3ccc(OCCC)c(Cl)c3F)cc2)cc1. The van der Waals surface area contributed by atoms with Gasteiger partial charge in [-0.05, 0) is 53.6 Å². The second-order valence-corrected chi connectivity index (χ2v) is 7.70. The Morgan fingerprint density at radius 1 is 0.759 bits per heavy atom. The zero-order valence-electron chi connectivity index (χ0n) is 17.2. The van der Waals surface area contributed by atoms with E-state index in [0.717, 1.165) is 29.5 Å². The molecule has 0 aliphatic carbocycles. The molecule has 29 heavy (non-hydrogen) atoms. The molecule has 0 unspecified atom stereocenters. The average Bonchev–Trinajstić information content (AvgIpc) is 2.76. The lowest BCUT2D eigenvalue weighted by Gasteiger charge is -2.11. The number of hydrogen-bond donors (Lipinski definition) is 0. The van der Waals surface area contributed by atoms with Gasteiger partial charge in [-0.15, -0.1) is 0 Å². The van der Waals surface area contributed by atoms with Crippen LogP contribution < -0.4 is 4.74 Å². The molecule has 1 nitrogen and oxygen atoms in total. The van der Waals surface area contributed by atoms with Crippen molar-refractivity contribution in [3.8, 4) is 28.0 Å². The number of aryl methyl sites for hydroxylation is 1. The average molecular weight is 411 g/mol. The van der Waals surface area contributed by atoms with Crippen LogP contribution in [-0.2, 0) is 6.42 Å². The minimum atomic E-state index is -0.440. The highest BCUT2D eigenvalue weighted by Crippen LogP contribution is 2.35. The minimum Gasteiger partial charge on any atom is -0.492 e. The minimum absolute atomic E-state index is 0.0405. The van der Waals surface area contributed by atoms with Gasteiger partial charge in [0, 0.05) is 5.56 Å². The normalized spacial score (nSPS) is 10.9. The molecule has 3 aromatic carbocycles. The summed E-state index contributed by atoms with van der Waals surface area (Å²) in [5, 5.41) is 0.0405. The van der Waals surface area contributed by atoms with Crippen LogP contribution in [0.4, 0.5) is 4.39 Å². The van der Waals surface area contributed by atoms with Crippen LogP contribution in [0.25, 0.3) is 22.3 Å². The van der Waals surface area contributed by atoms with E-state index in [1.807, 2.05) is 31.2 Å². The molecule has 0 N–H and O–H groups in total. The number of rotatable bonds is 9. The van der Waals surface area contributed by atoms with E-state index in [1.54, 1.807) is 12.1 Å². The molecule has 0 fully saturated rings. The molecule has 3 heteroatoms. The van der Waals surface area contributed by atoms with Crippen molar-refractivity contribution in [2.24, 2.45) is 0 Å². The Kier molecular flexibility index (Phi) is 7.71. The number of unbranched alkanes of at least 4 members (excludes halogenated alkanes) is 2. The molecule has 0 aliphatic rings. The van der Waals surface area contributed by atoms with Crippen LogP contribution in [0.15, 0.2) is 60.7 Å². The largest absolute Gasteiger partial charge is 0.492 e. The maximum Gasteiger partial charge on any atom is 0.153 e. The molecule has 0 aliphatic heterocycles. The Labute approximate surface area is 178 Å². The molecule has 0 atom stereocenters. The van der Waals surface area contributed by atoms with Crippen LogP contribution in [0.2, 0.25) is 5.02 Å². The van der Waals surface area contributed by atoms with Crippen LogP contribution in [-0.4, -0.2) is 6.61 Å². The summed E-state index contributed by atoms with van der Waals surface area (Å²) in [7, 11) is 0. The van der Waals surface area contributed by atoms with Gasteiger partial charge >= 0.3 is 0 Å². The van der Waals surface area contributed by atoms with Crippen molar-refractivity contribution >= 4 is 11.6 Å². The van der Waals surface area contributed by atoms with Crippen LogP contribution in [0, 0.1) is 5.82 Å². The first-order valence-corrected chi connectivity index (χ1v) is 10.8. The van der Waals surface area contributed by atoms with Gasteiger partial charge in [-0.3, -0.25) is 0 Å². The monoisotopic (exact) mass is 410 g/mol. The van der Waals surface area contributed by atoms with Crippen LogP contribution in [0.5, 0.6) is 5.75 Å². The van der Waals surface area contributed by atoms with Crippen molar-refractivity contribution < 1.29 is 9.13 Å². The Balaban J connectivity index is 1.76. The summed E-state index contributed by atoms with van der Waals surface area (Å²) in [6, 6.07) is 20.1. The number of hydrogen-bond acceptors (Lipinski definition) is 1. The van der Waals surface area contributed by atoms with Crippen molar-refractivity contribution in [3.05, 3.63) is 77.1 Å². The maximum atomic E-state index is 14.8. The first-order valence-electron chi connectivity index (χ1n) is 10.4. The summed E-state index contributed by atoms with van der Waals surface area (Å²) in [5.41, 5.74) is 4.94. The Morgan fingerprint density at radius 2 is 1.38 bits per heavy atom. The molecule has 0 bridgehead atoms. The van der Waals surface area contributed by atoms with Crippen LogP contribution >= 0.6 is 11.6 Å². The summed E-state index contributed by atoms with van der Waals surface area (Å²) in [4.78, 5) is 0. The van der Waals surface area contributed by atoms with Crippen molar-refractivity contribution in [2.75, 3.05) is 6.61 Å². The Morgan fingerprint density at radius 3 is 2.00 bits per heavy atom. The van der Waals surface area contributed by atoms with E-state index in [-0.39, 0.29) is 5.02 Å². The van der Waals surface area contributed by atoms with E-state index in [1.165, 1.54) is 24.8 Å². The zero-order valence-corrected chi connectivity index (χ0v) is 17.9. The van der Waals surface area contributed by atoms with Gasteiger partial charge in [-0.1, -0.05) is 86.8 Å². The molecule has 0 amide bonds. The lowest BCUT2D eigenvalue weighted by Crippen LogP contribution is -1.97. The van der Waals surface area contributed by atoms with Crippen LogP contribution in [0.3, 0.4) is 0 Å². The number of ether oxygens (including phenoxy) is 1. The summed E-state index contributed by atoms with van der Waals surface area (Å²) in [6.07, 6.45) is 5.73. The quantitative estimate of drug-likeness (QED) is 0.322. The highest BCUT2D eigenvalue weighted by atomic mass is 35.5. The molecule has 3 aromatic rings. The van der Waals surface area contributed by atoms with Gasteiger partial charge in [0.25, 0.3) is 0 Å². The Bertz CT molecular complexity index is 917. The lowest BCUT2D eigenvalue weighted by molar-refractivity contribution is 0.316. The van der Waals surface area contributed by atoms with E-state index >= 15 is 0 Å². The van der Waals surface area contributed by atoms with Crippen molar-refractivity contribution in [3.63, 3.8) is 0 Å². The van der Waals surface area contributed by atoms with Gasteiger partial charge < -0.3 is 4.74 Å². The fourth-order valence-corrected chi connectivity index (χ4v) is 3.58. The van der Waals surface area contributed by atoms with Gasteiger partial charge in [0.05, 0.1) is 6.61 Å². The topological polar surface area (TPSA) is 9.23 Å². The van der Waals surface area contributed by atoms with E-state index < -0.39 is 5.82 Å². The Hall–Kier alpha value is -2.32. The van der Waals surface area contributed by atoms with Gasteiger partial charge in [-0.2, -0.15) is 0 Å². The van der Waals surface area contributed by atoms with Gasteiger partial charge in [0.1, 0.15) is 10.8 Å². The zero-order chi connectivity index (χ0) is 20.6. The predicted molar refractivity (Wildman–Crippen MR) is 121 cm³/mol. The van der Waals surface area contributed by atoms with E-state index in [4.69, 9.17) is 16.3 Å². The summed E-state index contributed by atoms with van der Waals surface area (Å²) >= 11 is 6.17. The summed E-state index contributed by atoms with van der Waals surface area (Å²) in [6.45, 7) is 4.74. The molecule has 0 heterocycles. The molecule has 0 saturated carbocycles. The molecular weight excluding hydrogens is 383 g/mol. The number of benzene rings is 3. The van der Waals surface area contributed by atoms with Gasteiger partial charge in [-0.25, -0.2) is 4.39 Å². The van der Waals surface area contributed by atoms with E-state index in [0.29, 0.717) is 17.9 Å². The lowest BCUT2D eigenvalue weighted by atomic mass is 9.98. The fraction of sp³-hybridized carbons (Fsp3) is 0.308. The molecule has 0 radical (unpaired) electrons. The third-order valence-corrected chi connectivity index (χ3v) is 5.41. The van der Waals surface area contributed by atoms with Crippen molar-refractivity contribution in [1.82, 2.24) is 0 Å². The highest BCUT2D eigenvalue weighted by molar-refractivity contribution is 6.32. The van der Waals surface area contributed by atoms with E-state index in [9.17, 15) is 4.39 Å². The first-order chi connectivity index (χ1) is 14.1. The summed E-state index contributed by atoms with van der Waals surface area (Å²) < 4.78 is 20.3. The first kappa shape index (κ1) is 21.4. The number of halogens is 2. The van der Waals surface area contributed by atoms with Gasteiger partial charge in [0.15, 0.2) is 5.82 Å². The second-order valence-electron chi connectivity index (χ2n) is 7.32. The third kappa shape index (κ3) is 5.39. The van der Waals surface area contributed by atoms with E-state index in [2.05, 4.69) is 31.2 Å². The molecule has 0 aromatic heterocycles. The molecule has 3 rings (SSSR count). The predicted octanol–water partition coefficient (Wildman–Crippen LogP) is 8.33.